The molecule has 2 N–H and O–H groups in total. The Kier molecular flexibility index (Phi) is 3.29. The number of aromatic hydroxyl groups is 1. The van der Waals surface area contributed by atoms with Gasteiger partial charge in [-0.1, -0.05) is 6.07 Å². The number of hydrogen-bond acceptors (Lipinski definition) is 4. The molecule has 0 radical (unpaired) electrons. The first kappa shape index (κ1) is 14.1. The standard InChI is InChI=1S/C16H16N4O2/c1-9-4-5-14(21)12(6-9)18-16(22)13-8-15-17-10(2)7-11(3)20(15)19-13/h4-8,21H,1-3H3,(H,18,22). The normalized spacial score (nSPS) is 10.9. The number of phenolic OH excluding ortho intramolecular Hbond substituents is 1. The molecule has 0 unspecified atom stereocenters. The van der Waals surface area contributed by atoms with Crippen LogP contribution in [0.2, 0.25) is 0 Å². The van der Waals surface area contributed by atoms with E-state index in [0.717, 1.165) is 17.0 Å². The summed E-state index contributed by atoms with van der Waals surface area (Å²) in [5, 5.41) is 16.7. The minimum absolute atomic E-state index is 0.0212. The Bertz CT molecular complexity index is 883. The molecule has 3 rings (SSSR count). The fourth-order valence-electron chi connectivity index (χ4n) is 2.33. The Labute approximate surface area is 127 Å². The van der Waals surface area contributed by atoms with Gasteiger partial charge in [0.2, 0.25) is 0 Å². The SMILES string of the molecule is Cc1ccc(O)c(NC(=O)c2cc3nc(C)cc(C)n3n2)c1. The van der Waals surface area contributed by atoms with E-state index in [9.17, 15) is 9.90 Å². The highest BCUT2D eigenvalue weighted by atomic mass is 16.3. The van der Waals surface area contributed by atoms with Crippen LogP contribution in [0.25, 0.3) is 5.65 Å². The number of hydrogen-bond donors (Lipinski definition) is 2. The molecule has 0 aliphatic carbocycles. The number of aryl methyl sites for hydroxylation is 3. The zero-order valence-electron chi connectivity index (χ0n) is 12.6. The second-order valence-corrected chi connectivity index (χ2v) is 5.31. The molecule has 0 aliphatic heterocycles. The molecule has 0 bridgehead atoms. The van der Waals surface area contributed by atoms with Crippen molar-refractivity contribution in [3.05, 3.63) is 53.0 Å². The lowest BCUT2D eigenvalue weighted by molar-refractivity contribution is 0.102. The third-order valence-electron chi connectivity index (χ3n) is 3.37. The van der Waals surface area contributed by atoms with E-state index in [4.69, 9.17) is 0 Å². The lowest BCUT2D eigenvalue weighted by Crippen LogP contribution is -2.13. The van der Waals surface area contributed by atoms with Crippen LogP contribution in [0, 0.1) is 20.8 Å². The summed E-state index contributed by atoms with van der Waals surface area (Å²) in [5.41, 5.74) is 3.95. The molecule has 0 spiro atoms. The van der Waals surface area contributed by atoms with Gasteiger partial charge in [-0.05, 0) is 44.5 Å². The Balaban J connectivity index is 1.95. The van der Waals surface area contributed by atoms with Gasteiger partial charge >= 0.3 is 0 Å². The highest BCUT2D eigenvalue weighted by molar-refractivity contribution is 6.04. The molecule has 22 heavy (non-hydrogen) atoms. The van der Waals surface area contributed by atoms with Crippen LogP contribution in [0.1, 0.15) is 27.4 Å². The predicted octanol–water partition coefficient (Wildman–Crippen LogP) is 2.61. The Morgan fingerprint density at radius 3 is 2.73 bits per heavy atom. The number of amides is 1. The fraction of sp³-hybridized carbons (Fsp3) is 0.188. The first-order valence-electron chi connectivity index (χ1n) is 6.89. The van der Waals surface area contributed by atoms with Crippen LogP contribution in [-0.4, -0.2) is 25.6 Å². The van der Waals surface area contributed by atoms with Crippen LogP contribution in [0.5, 0.6) is 5.75 Å². The Morgan fingerprint density at radius 1 is 1.18 bits per heavy atom. The van der Waals surface area contributed by atoms with Crippen molar-refractivity contribution < 1.29 is 9.90 Å². The highest BCUT2D eigenvalue weighted by Crippen LogP contribution is 2.24. The molecule has 0 fully saturated rings. The maximum Gasteiger partial charge on any atom is 0.276 e. The molecule has 3 aromatic rings. The number of phenols is 1. The van der Waals surface area contributed by atoms with Gasteiger partial charge in [0, 0.05) is 17.5 Å². The summed E-state index contributed by atoms with van der Waals surface area (Å²) < 4.78 is 1.62. The number of aromatic nitrogens is 3. The van der Waals surface area contributed by atoms with E-state index in [0.29, 0.717) is 11.3 Å². The molecule has 112 valence electrons. The van der Waals surface area contributed by atoms with Gasteiger partial charge in [0.15, 0.2) is 11.3 Å². The van der Waals surface area contributed by atoms with Crippen LogP contribution >= 0.6 is 0 Å². The molecule has 1 amide bonds. The summed E-state index contributed by atoms with van der Waals surface area (Å²) in [7, 11) is 0. The van der Waals surface area contributed by atoms with Gasteiger partial charge < -0.3 is 10.4 Å². The van der Waals surface area contributed by atoms with Crippen molar-refractivity contribution in [1.82, 2.24) is 14.6 Å². The summed E-state index contributed by atoms with van der Waals surface area (Å²) in [6.45, 7) is 5.68. The first-order chi connectivity index (χ1) is 10.4. The number of fused-ring (bicyclic) bond motifs is 1. The highest BCUT2D eigenvalue weighted by Gasteiger charge is 2.14. The summed E-state index contributed by atoms with van der Waals surface area (Å²) in [6, 6.07) is 8.54. The monoisotopic (exact) mass is 296 g/mol. The molecule has 0 atom stereocenters. The van der Waals surface area contributed by atoms with Crippen LogP contribution in [-0.2, 0) is 0 Å². The summed E-state index contributed by atoms with van der Waals surface area (Å²) in [4.78, 5) is 16.7. The number of carbonyl (C=O) groups excluding carboxylic acids is 1. The van der Waals surface area contributed by atoms with Crippen molar-refractivity contribution in [1.29, 1.82) is 0 Å². The van der Waals surface area contributed by atoms with Gasteiger partial charge in [0.25, 0.3) is 5.91 Å². The molecule has 0 aliphatic rings. The number of carbonyl (C=O) groups is 1. The third-order valence-corrected chi connectivity index (χ3v) is 3.37. The molecule has 1 aromatic carbocycles. The summed E-state index contributed by atoms with van der Waals surface area (Å²) in [6.07, 6.45) is 0. The minimum Gasteiger partial charge on any atom is -0.506 e. The summed E-state index contributed by atoms with van der Waals surface area (Å²) >= 11 is 0. The number of benzene rings is 1. The molecule has 6 heteroatoms. The smallest absolute Gasteiger partial charge is 0.276 e. The second-order valence-electron chi connectivity index (χ2n) is 5.31. The maximum atomic E-state index is 12.3. The number of nitrogens with one attached hydrogen (secondary N) is 1. The Morgan fingerprint density at radius 2 is 1.95 bits per heavy atom. The average Bonchev–Trinajstić information content (AvgIpc) is 2.87. The van der Waals surface area contributed by atoms with Gasteiger partial charge in [-0.25, -0.2) is 9.50 Å². The molecular weight excluding hydrogens is 280 g/mol. The lowest BCUT2D eigenvalue weighted by atomic mass is 10.2. The van der Waals surface area contributed by atoms with Crippen molar-refractivity contribution in [3.63, 3.8) is 0 Å². The lowest BCUT2D eigenvalue weighted by Gasteiger charge is -2.06. The van der Waals surface area contributed by atoms with Crippen LogP contribution < -0.4 is 5.32 Å². The third kappa shape index (κ3) is 2.50. The minimum atomic E-state index is -0.386. The van der Waals surface area contributed by atoms with E-state index in [1.807, 2.05) is 26.8 Å². The van der Waals surface area contributed by atoms with E-state index in [-0.39, 0.29) is 17.4 Å². The van der Waals surface area contributed by atoms with Crippen molar-refractivity contribution in [2.75, 3.05) is 5.32 Å². The van der Waals surface area contributed by atoms with Crippen LogP contribution in [0.15, 0.2) is 30.3 Å². The van der Waals surface area contributed by atoms with E-state index in [1.54, 1.807) is 28.8 Å². The van der Waals surface area contributed by atoms with E-state index in [1.165, 1.54) is 0 Å². The van der Waals surface area contributed by atoms with Crippen LogP contribution in [0.3, 0.4) is 0 Å². The quantitative estimate of drug-likeness (QED) is 0.712. The largest absolute Gasteiger partial charge is 0.506 e. The molecule has 0 saturated carbocycles. The zero-order valence-corrected chi connectivity index (χ0v) is 12.6. The molecule has 6 nitrogen and oxygen atoms in total. The van der Waals surface area contributed by atoms with Crippen molar-refractivity contribution in [3.8, 4) is 5.75 Å². The molecular formula is C16H16N4O2. The maximum absolute atomic E-state index is 12.3. The van der Waals surface area contributed by atoms with Gasteiger partial charge in [0.05, 0.1) is 5.69 Å². The molecule has 2 aromatic heterocycles. The zero-order chi connectivity index (χ0) is 15.9. The van der Waals surface area contributed by atoms with Gasteiger partial charge in [-0.2, -0.15) is 5.10 Å². The van der Waals surface area contributed by atoms with Crippen molar-refractivity contribution in [2.45, 2.75) is 20.8 Å². The molecule has 0 saturated heterocycles. The van der Waals surface area contributed by atoms with E-state index < -0.39 is 0 Å². The fourth-order valence-corrected chi connectivity index (χ4v) is 2.33. The number of anilines is 1. The Hall–Kier alpha value is -2.89. The van der Waals surface area contributed by atoms with Crippen molar-refractivity contribution in [2.24, 2.45) is 0 Å². The number of rotatable bonds is 2. The molecule has 2 heterocycles. The van der Waals surface area contributed by atoms with Crippen molar-refractivity contribution >= 4 is 17.2 Å². The van der Waals surface area contributed by atoms with Gasteiger partial charge in [0.1, 0.15) is 5.75 Å². The van der Waals surface area contributed by atoms with Crippen LogP contribution in [0.4, 0.5) is 5.69 Å². The average molecular weight is 296 g/mol. The predicted molar refractivity (Wildman–Crippen MR) is 83.3 cm³/mol. The topological polar surface area (TPSA) is 79.5 Å². The van der Waals surface area contributed by atoms with E-state index in [2.05, 4.69) is 15.4 Å². The summed E-state index contributed by atoms with van der Waals surface area (Å²) in [5.74, 6) is -0.365. The number of nitrogens with zero attached hydrogens (tertiary/aromatic N) is 3. The first-order valence-corrected chi connectivity index (χ1v) is 6.89. The van der Waals surface area contributed by atoms with Gasteiger partial charge in [-0.3, -0.25) is 4.79 Å². The van der Waals surface area contributed by atoms with Gasteiger partial charge in [-0.15, -0.1) is 0 Å². The van der Waals surface area contributed by atoms with E-state index >= 15 is 0 Å². The second kappa shape index (κ2) is 5.14.